The maximum Gasteiger partial charge on any atom is 0.217 e. The third-order valence-electron chi connectivity index (χ3n) is 4.67. The largest absolute Gasteiger partial charge is 0.355 e. The highest BCUT2D eigenvalue weighted by molar-refractivity contribution is 7.90. The third kappa shape index (κ3) is 2.93. The smallest absolute Gasteiger partial charge is 0.217 e. The molecular formula is C17H21N3O2S. The summed E-state index contributed by atoms with van der Waals surface area (Å²) in [5, 5.41) is 1.01. The molecule has 0 unspecified atom stereocenters. The van der Waals surface area contributed by atoms with Crippen LogP contribution in [0.4, 0.5) is 5.82 Å². The van der Waals surface area contributed by atoms with Gasteiger partial charge < -0.3 is 4.90 Å². The molecule has 1 aliphatic heterocycles. The number of sulfonamides is 1. The molecule has 5 nitrogen and oxygen atoms in total. The highest BCUT2D eigenvalue weighted by Crippen LogP contribution is 2.31. The van der Waals surface area contributed by atoms with Gasteiger partial charge in [0.25, 0.3) is 0 Å². The minimum atomic E-state index is -3.07. The van der Waals surface area contributed by atoms with Gasteiger partial charge in [0.2, 0.25) is 10.0 Å². The molecule has 2 aliphatic rings. The fourth-order valence-corrected chi connectivity index (χ4v) is 5.06. The predicted octanol–water partition coefficient (Wildman–Crippen LogP) is 2.24. The molecular weight excluding hydrogens is 310 g/mol. The monoisotopic (exact) mass is 331 g/mol. The summed E-state index contributed by atoms with van der Waals surface area (Å²) in [5.41, 5.74) is 0.983. The van der Waals surface area contributed by atoms with E-state index in [2.05, 4.69) is 17.0 Å². The van der Waals surface area contributed by atoms with Crippen molar-refractivity contribution in [2.24, 2.45) is 0 Å². The lowest BCUT2D eigenvalue weighted by atomic mass is 10.2. The molecule has 0 N–H and O–H groups in total. The van der Waals surface area contributed by atoms with Crippen LogP contribution in [-0.2, 0) is 10.0 Å². The van der Waals surface area contributed by atoms with E-state index in [9.17, 15) is 8.42 Å². The maximum atomic E-state index is 12.4. The SMILES string of the molecule is O=S(=O)(C1CC1)N1CCCN(c2ccc3ccccc3n2)CC1. The standard InChI is InChI=1S/C17H21N3O2S/c21-23(22,15-7-8-15)20-11-3-10-19(12-13-20)17-9-6-14-4-1-2-5-16(14)18-17/h1-2,4-6,9,15H,3,7-8,10-13H2. The van der Waals surface area contributed by atoms with E-state index in [0.717, 1.165) is 42.5 Å². The Morgan fingerprint density at radius 2 is 1.78 bits per heavy atom. The van der Waals surface area contributed by atoms with Gasteiger partial charge in [-0.25, -0.2) is 13.4 Å². The Hall–Kier alpha value is -1.66. The first kappa shape index (κ1) is 14.9. The molecule has 1 saturated heterocycles. The Morgan fingerprint density at radius 1 is 0.957 bits per heavy atom. The number of anilines is 1. The van der Waals surface area contributed by atoms with E-state index in [1.165, 1.54) is 0 Å². The van der Waals surface area contributed by atoms with Crippen molar-refractivity contribution in [2.75, 3.05) is 31.1 Å². The van der Waals surface area contributed by atoms with Gasteiger partial charge in [-0.1, -0.05) is 18.2 Å². The first-order valence-corrected chi connectivity index (χ1v) is 9.75. The zero-order valence-corrected chi connectivity index (χ0v) is 13.9. The summed E-state index contributed by atoms with van der Waals surface area (Å²) in [7, 11) is -3.07. The zero-order valence-electron chi connectivity index (χ0n) is 13.1. The highest BCUT2D eigenvalue weighted by Gasteiger charge is 2.40. The van der Waals surface area contributed by atoms with Crippen LogP contribution >= 0.6 is 0 Å². The first-order valence-electron chi connectivity index (χ1n) is 8.24. The van der Waals surface area contributed by atoms with Crippen LogP contribution in [0.5, 0.6) is 0 Å². The number of pyridine rings is 1. The van der Waals surface area contributed by atoms with Crippen molar-refractivity contribution >= 4 is 26.7 Å². The van der Waals surface area contributed by atoms with Crippen molar-refractivity contribution in [3.05, 3.63) is 36.4 Å². The number of aromatic nitrogens is 1. The summed E-state index contributed by atoms with van der Waals surface area (Å²) >= 11 is 0. The first-order chi connectivity index (χ1) is 11.1. The molecule has 1 aromatic carbocycles. The van der Waals surface area contributed by atoms with E-state index >= 15 is 0 Å². The third-order valence-corrected chi connectivity index (χ3v) is 7.07. The fourth-order valence-electron chi connectivity index (χ4n) is 3.19. The summed E-state index contributed by atoms with van der Waals surface area (Å²) in [6.07, 6.45) is 2.50. The van der Waals surface area contributed by atoms with Crippen LogP contribution in [0.25, 0.3) is 10.9 Å². The molecule has 2 aromatic rings. The molecule has 0 atom stereocenters. The molecule has 4 rings (SSSR count). The van der Waals surface area contributed by atoms with Crippen LogP contribution in [0.2, 0.25) is 0 Å². The van der Waals surface area contributed by atoms with Gasteiger partial charge >= 0.3 is 0 Å². The Labute approximate surface area is 137 Å². The Morgan fingerprint density at radius 3 is 2.61 bits per heavy atom. The lowest BCUT2D eigenvalue weighted by Gasteiger charge is -2.23. The van der Waals surface area contributed by atoms with Gasteiger partial charge in [-0.2, -0.15) is 4.31 Å². The van der Waals surface area contributed by atoms with Crippen molar-refractivity contribution in [3.63, 3.8) is 0 Å². The van der Waals surface area contributed by atoms with Gasteiger partial charge in [0.05, 0.1) is 10.8 Å². The Balaban J connectivity index is 1.53. The second-order valence-corrected chi connectivity index (χ2v) is 8.56. The molecule has 6 heteroatoms. The molecule has 1 aliphatic carbocycles. The van der Waals surface area contributed by atoms with Crippen molar-refractivity contribution in [1.82, 2.24) is 9.29 Å². The second kappa shape index (κ2) is 5.76. The summed E-state index contributed by atoms with van der Waals surface area (Å²) < 4.78 is 26.5. The van der Waals surface area contributed by atoms with Crippen LogP contribution in [0.15, 0.2) is 36.4 Å². The zero-order chi connectivity index (χ0) is 15.9. The molecule has 1 saturated carbocycles. The van der Waals surface area contributed by atoms with Crippen molar-refractivity contribution in [1.29, 1.82) is 0 Å². The summed E-state index contributed by atoms with van der Waals surface area (Å²) in [6.45, 7) is 2.75. The van der Waals surface area contributed by atoms with Crippen LogP contribution in [0, 0.1) is 0 Å². The van der Waals surface area contributed by atoms with E-state index in [1.807, 2.05) is 24.3 Å². The molecule has 0 bridgehead atoms. The van der Waals surface area contributed by atoms with E-state index in [0.29, 0.717) is 19.6 Å². The van der Waals surface area contributed by atoms with Crippen LogP contribution < -0.4 is 4.90 Å². The van der Waals surface area contributed by atoms with Gasteiger partial charge in [0.15, 0.2) is 0 Å². The highest BCUT2D eigenvalue weighted by atomic mass is 32.2. The van der Waals surface area contributed by atoms with Gasteiger partial charge in [0, 0.05) is 31.6 Å². The second-order valence-electron chi connectivity index (χ2n) is 6.35. The fraction of sp³-hybridized carbons (Fsp3) is 0.471. The van der Waals surface area contributed by atoms with Crippen LogP contribution in [-0.4, -0.2) is 49.1 Å². The molecule has 0 radical (unpaired) electrons. The van der Waals surface area contributed by atoms with Gasteiger partial charge in [-0.3, -0.25) is 0 Å². The number of hydrogen-bond donors (Lipinski definition) is 0. The van der Waals surface area contributed by atoms with Crippen molar-refractivity contribution in [3.8, 4) is 0 Å². The molecule has 2 heterocycles. The quantitative estimate of drug-likeness (QED) is 0.865. The summed E-state index contributed by atoms with van der Waals surface area (Å²) in [6, 6.07) is 12.2. The maximum absolute atomic E-state index is 12.4. The predicted molar refractivity (Wildman–Crippen MR) is 92.1 cm³/mol. The summed E-state index contributed by atoms with van der Waals surface area (Å²) in [5.74, 6) is 0.939. The van der Waals surface area contributed by atoms with Crippen LogP contribution in [0.3, 0.4) is 0 Å². The topological polar surface area (TPSA) is 53.5 Å². The van der Waals surface area contributed by atoms with Crippen molar-refractivity contribution < 1.29 is 8.42 Å². The Kier molecular flexibility index (Phi) is 3.73. The van der Waals surface area contributed by atoms with Gasteiger partial charge in [0.1, 0.15) is 5.82 Å². The minimum absolute atomic E-state index is 0.118. The summed E-state index contributed by atoms with van der Waals surface area (Å²) in [4.78, 5) is 6.94. The van der Waals surface area contributed by atoms with Crippen LogP contribution in [0.1, 0.15) is 19.3 Å². The van der Waals surface area contributed by atoms with E-state index in [1.54, 1.807) is 4.31 Å². The lowest BCUT2D eigenvalue weighted by molar-refractivity contribution is 0.432. The molecule has 0 amide bonds. The van der Waals surface area contributed by atoms with E-state index < -0.39 is 10.0 Å². The molecule has 1 aromatic heterocycles. The van der Waals surface area contributed by atoms with Crippen molar-refractivity contribution in [2.45, 2.75) is 24.5 Å². The number of para-hydroxylation sites is 1. The average molecular weight is 331 g/mol. The molecule has 122 valence electrons. The molecule has 23 heavy (non-hydrogen) atoms. The number of rotatable bonds is 3. The molecule has 0 spiro atoms. The average Bonchev–Trinajstić information content (AvgIpc) is 3.40. The van der Waals surface area contributed by atoms with E-state index in [4.69, 9.17) is 4.98 Å². The normalized spacial score (nSPS) is 20.6. The van der Waals surface area contributed by atoms with Gasteiger partial charge in [-0.05, 0) is 37.5 Å². The number of fused-ring (bicyclic) bond motifs is 1. The Bertz CT molecular complexity index is 817. The van der Waals surface area contributed by atoms with Gasteiger partial charge in [-0.15, -0.1) is 0 Å². The lowest BCUT2D eigenvalue weighted by Crippen LogP contribution is -2.37. The number of nitrogens with zero attached hydrogens (tertiary/aromatic N) is 3. The number of hydrogen-bond acceptors (Lipinski definition) is 4. The number of benzene rings is 1. The molecule has 2 fully saturated rings. The van der Waals surface area contributed by atoms with E-state index in [-0.39, 0.29) is 5.25 Å². The minimum Gasteiger partial charge on any atom is -0.355 e.